The highest BCUT2D eigenvalue weighted by Crippen LogP contribution is 2.29. The zero-order valence-corrected chi connectivity index (χ0v) is 9.88. The monoisotopic (exact) mass is 236 g/mol. The molecule has 0 amide bonds. The fourth-order valence-electron chi connectivity index (χ4n) is 1.91. The molecule has 0 spiro atoms. The number of thiocarbonyl (C=S) groups is 1. The first-order chi connectivity index (χ1) is 6.36. The highest BCUT2D eigenvalue weighted by atomic mass is 32.2. The summed E-state index contributed by atoms with van der Waals surface area (Å²) in [4.78, 5) is 0.266. The van der Waals surface area contributed by atoms with Gasteiger partial charge in [-0.25, -0.2) is 13.1 Å². The summed E-state index contributed by atoms with van der Waals surface area (Å²) in [6.07, 6.45) is 5.64. The van der Waals surface area contributed by atoms with Crippen LogP contribution in [0, 0.1) is 0 Å². The topological polar surface area (TPSA) is 72.2 Å². The van der Waals surface area contributed by atoms with Gasteiger partial charge in [-0.15, -0.1) is 0 Å². The standard InChI is InChI=1S/C8H16N2O2S2/c1-14(11,12)10-8(7(9)13)5-3-2-4-6-8/h10H,2-6H2,1H3,(H2,9,13). The van der Waals surface area contributed by atoms with Gasteiger partial charge in [0.25, 0.3) is 0 Å². The second-order valence-electron chi connectivity index (χ2n) is 3.88. The van der Waals surface area contributed by atoms with Crippen molar-refractivity contribution in [1.82, 2.24) is 4.72 Å². The second kappa shape index (κ2) is 4.12. The Morgan fingerprint density at radius 3 is 2.21 bits per heavy atom. The first-order valence-electron chi connectivity index (χ1n) is 4.65. The summed E-state index contributed by atoms with van der Waals surface area (Å²) >= 11 is 4.95. The van der Waals surface area contributed by atoms with Crippen LogP contribution in [0.3, 0.4) is 0 Å². The van der Waals surface area contributed by atoms with E-state index in [0.717, 1.165) is 38.4 Å². The minimum atomic E-state index is -3.24. The van der Waals surface area contributed by atoms with Gasteiger partial charge in [0.2, 0.25) is 10.0 Å². The highest BCUT2D eigenvalue weighted by Gasteiger charge is 2.37. The lowest BCUT2D eigenvalue weighted by atomic mass is 9.82. The Balaban J connectivity index is 2.87. The van der Waals surface area contributed by atoms with Gasteiger partial charge in [-0.2, -0.15) is 0 Å². The lowest BCUT2D eigenvalue weighted by molar-refractivity contribution is 0.354. The van der Waals surface area contributed by atoms with Gasteiger partial charge < -0.3 is 5.73 Å². The van der Waals surface area contributed by atoms with Gasteiger partial charge in [0.05, 0.1) is 16.8 Å². The maximum atomic E-state index is 11.2. The summed E-state index contributed by atoms with van der Waals surface area (Å²) in [7, 11) is -3.24. The van der Waals surface area contributed by atoms with E-state index in [2.05, 4.69) is 4.72 Å². The molecule has 0 heterocycles. The Hall–Kier alpha value is -0.200. The van der Waals surface area contributed by atoms with Gasteiger partial charge >= 0.3 is 0 Å². The first-order valence-corrected chi connectivity index (χ1v) is 6.95. The number of nitrogens with one attached hydrogen (secondary N) is 1. The zero-order valence-electron chi connectivity index (χ0n) is 8.25. The smallest absolute Gasteiger partial charge is 0.209 e. The minimum Gasteiger partial charge on any atom is -0.392 e. The average Bonchev–Trinajstić information content (AvgIpc) is 2.02. The Morgan fingerprint density at radius 1 is 1.36 bits per heavy atom. The molecule has 1 aliphatic rings. The SMILES string of the molecule is CS(=O)(=O)NC1(C(N)=S)CCCCC1. The molecule has 3 N–H and O–H groups in total. The Bertz CT molecular complexity index is 318. The Kier molecular flexibility index (Phi) is 3.49. The molecule has 0 aromatic rings. The van der Waals surface area contributed by atoms with E-state index < -0.39 is 15.6 Å². The molecule has 1 saturated carbocycles. The van der Waals surface area contributed by atoms with E-state index in [-0.39, 0.29) is 4.99 Å². The van der Waals surface area contributed by atoms with Gasteiger partial charge in [0.1, 0.15) is 0 Å². The molecule has 0 bridgehead atoms. The largest absolute Gasteiger partial charge is 0.392 e. The van der Waals surface area contributed by atoms with E-state index in [1.807, 2.05) is 0 Å². The van der Waals surface area contributed by atoms with Crippen molar-refractivity contribution >= 4 is 27.2 Å². The van der Waals surface area contributed by atoms with Gasteiger partial charge in [-0.05, 0) is 12.8 Å². The molecule has 82 valence electrons. The van der Waals surface area contributed by atoms with Crippen molar-refractivity contribution in [2.75, 3.05) is 6.26 Å². The highest BCUT2D eigenvalue weighted by molar-refractivity contribution is 7.89. The van der Waals surface area contributed by atoms with Crippen molar-refractivity contribution in [3.63, 3.8) is 0 Å². The van der Waals surface area contributed by atoms with Crippen LogP contribution in [0.25, 0.3) is 0 Å². The van der Waals surface area contributed by atoms with Crippen molar-refractivity contribution < 1.29 is 8.42 Å². The number of sulfonamides is 1. The number of hydrogen-bond donors (Lipinski definition) is 2. The van der Waals surface area contributed by atoms with Gasteiger partial charge in [0.15, 0.2) is 0 Å². The molecule has 0 aromatic carbocycles. The van der Waals surface area contributed by atoms with Crippen LogP contribution in [0.5, 0.6) is 0 Å². The molecule has 0 unspecified atom stereocenters. The molecule has 14 heavy (non-hydrogen) atoms. The fourth-order valence-corrected chi connectivity index (χ4v) is 3.25. The quantitative estimate of drug-likeness (QED) is 0.701. The number of nitrogens with two attached hydrogens (primary N) is 1. The van der Waals surface area contributed by atoms with Gasteiger partial charge in [-0.3, -0.25) is 0 Å². The van der Waals surface area contributed by atoms with E-state index in [4.69, 9.17) is 18.0 Å². The molecule has 6 heteroatoms. The third kappa shape index (κ3) is 2.90. The van der Waals surface area contributed by atoms with Crippen molar-refractivity contribution in [1.29, 1.82) is 0 Å². The number of hydrogen-bond acceptors (Lipinski definition) is 3. The lowest BCUT2D eigenvalue weighted by Gasteiger charge is -2.36. The van der Waals surface area contributed by atoms with Crippen LogP contribution >= 0.6 is 12.2 Å². The fraction of sp³-hybridized carbons (Fsp3) is 0.875. The van der Waals surface area contributed by atoms with Crippen molar-refractivity contribution in [2.24, 2.45) is 5.73 Å². The molecule has 0 atom stereocenters. The summed E-state index contributed by atoms with van der Waals surface area (Å²) in [6, 6.07) is 0. The molecule has 0 saturated heterocycles. The Morgan fingerprint density at radius 2 is 1.86 bits per heavy atom. The first kappa shape index (κ1) is 11.9. The maximum Gasteiger partial charge on any atom is 0.209 e. The van der Waals surface area contributed by atoms with E-state index in [1.165, 1.54) is 0 Å². The van der Waals surface area contributed by atoms with E-state index >= 15 is 0 Å². The molecule has 0 aliphatic heterocycles. The summed E-state index contributed by atoms with van der Waals surface area (Å²) in [6.45, 7) is 0. The van der Waals surface area contributed by atoms with Crippen LogP contribution < -0.4 is 10.5 Å². The van der Waals surface area contributed by atoms with E-state index in [9.17, 15) is 8.42 Å². The van der Waals surface area contributed by atoms with Crippen LogP contribution in [0.4, 0.5) is 0 Å². The van der Waals surface area contributed by atoms with Gasteiger partial charge in [-0.1, -0.05) is 31.5 Å². The average molecular weight is 236 g/mol. The molecule has 0 aromatic heterocycles. The van der Waals surface area contributed by atoms with Gasteiger partial charge in [0, 0.05) is 0 Å². The second-order valence-corrected chi connectivity index (χ2v) is 6.07. The van der Waals surface area contributed by atoms with E-state index in [1.54, 1.807) is 0 Å². The molecule has 4 nitrogen and oxygen atoms in total. The van der Waals surface area contributed by atoms with E-state index in [0.29, 0.717) is 0 Å². The zero-order chi connectivity index (χ0) is 10.8. The third-order valence-electron chi connectivity index (χ3n) is 2.56. The Labute approximate surface area is 90.3 Å². The molecular formula is C8H16N2O2S2. The van der Waals surface area contributed by atoms with Crippen LogP contribution in [-0.4, -0.2) is 25.2 Å². The van der Waals surface area contributed by atoms with Crippen molar-refractivity contribution in [2.45, 2.75) is 37.6 Å². The van der Waals surface area contributed by atoms with Crippen LogP contribution in [0.1, 0.15) is 32.1 Å². The van der Waals surface area contributed by atoms with Crippen LogP contribution in [0.15, 0.2) is 0 Å². The van der Waals surface area contributed by atoms with Crippen LogP contribution in [0.2, 0.25) is 0 Å². The summed E-state index contributed by atoms with van der Waals surface area (Å²) in [5, 5.41) is 0. The minimum absolute atomic E-state index is 0.266. The molecule has 1 rings (SSSR count). The summed E-state index contributed by atoms with van der Waals surface area (Å²) in [5.41, 5.74) is 4.95. The van der Waals surface area contributed by atoms with Crippen molar-refractivity contribution in [3.05, 3.63) is 0 Å². The normalized spacial score (nSPS) is 21.8. The molecule has 1 fully saturated rings. The number of rotatable bonds is 3. The lowest BCUT2D eigenvalue weighted by Crippen LogP contribution is -2.57. The predicted molar refractivity (Wildman–Crippen MR) is 60.6 cm³/mol. The maximum absolute atomic E-state index is 11.2. The molecule has 0 radical (unpaired) electrons. The predicted octanol–water partition coefficient (Wildman–Crippen LogP) is 0.525. The third-order valence-corrected chi connectivity index (χ3v) is 3.71. The molecular weight excluding hydrogens is 220 g/mol. The van der Waals surface area contributed by atoms with Crippen molar-refractivity contribution in [3.8, 4) is 0 Å². The molecule has 1 aliphatic carbocycles. The summed E-state index contributed by atoms with van der Waals surface area (Å²) < 4.78 is 24.9. The van der Waals surface area contributed by atoms with Crippen LogP contribution in [-0.2, 0) is 10.0 Å². The summed E-state index contributed by atoms with van der Waals surface area (Å²) in [5.74, 6) is 0.